The molecule has 3 N–H and O–H groups in total. The van der Waals surface area contributed by atoms with Gasteiger partial charge in [-0.2, -0.15) is 0 Å². The monoisotopic (exact) mass is 236 g/mol. The summed E-state index contributed by atoms with van der Waals surface area (Å²) in [4.78, 5) is 22.6. The van der Waals surface area contributed by atoms with Gasteiger partial charge in [0.2, 0.25) is 11.8 Å². The van der Waals surface area contributed by atoms with Crippen molar-refractivity contribution in [3.63, 3.8) is 0 Å². The molecule has 2 amide bonds. The molecule has 1 aliphatic rings. The van der Waals surface area contributed by atoms with Crippen LogP contribution in [-0.2, 0) is 16.1 Å². The third-order valence-electron chi connectivity index (χ3n) is 2.66. The number of piperazine rings is 1. The Bertz CT molecular complexity index is 378. The van der Waals surface area contributed by atoms with Gasteiger partial charge in [-0.15, -0.1) is 0 Å². The van der Waals surface area contributed by atoms with E-state index >= 15 is 0 Å². The number of aromatic nitrogens is 1. The number of hydrogen-bond acceptors (Lipinski definition) is 3. The number of carbonyl (C=O) groups is 2. The summed E-state index contributed by atoms with van der Waals surface area (Å²) in [7, 11) is 0. The molecule has 1 fully saturated rings. The van der Waals surface area contributed by atoms with E-state index in [1.165, 1.54) is 0 Å². The smallest absolute Gasteiger partial charge is 0.239 e. The highest BCUT2D eigenvalue weighted by Crippen LogP contribution is 1.90. The van der Waals surface area contributed by atoms with Crippen molar-refractivity contribution < 1.29 is 9.59 Å². The van der Waals surface area contributed by atoms with E-state index in [0.29, 0.717) is 13.1 Å². The highest BCUT2D eigenvalue weighted by Gasteiger charge is 2.22. The molecule has 6 nitrogen and oxygen atoms in total. The van der Waals surface area contributed by atoms with Crippen LogP contribution in [0.4, 0.5) is 0 Å². The molecule has 0 bridgehead atoms. The van der Waals surface area contributed by atoms with Gasteiger partial charge in [0, 0.05) is 32.0 Å². The number of carbonyl (C=O) groups excluding carboxylic acids is 2. The summed E-state index contributed by atoms with van der Waals surface area (Å²) in [6, 6.07) is 3.57. The van der Waals surface area contributed by atoms with Crippen LogP contribution in [0.25, 0.3) is 0 Å². The molecule has 2 rings (SSSR count). The molecule has 1 aliphatic heterocycles. The summed E-state index contributed by atoms with van der Waals surface area (Å²) in [5.41, 5.74) is 0. The van der Waals surface area contributed by atoms with E-state index < -0.39 is 0 Å². The molecular formula is C11H16N4O2. The second-order valence-electron chi connectivity index (χ2n) is 3.95. The molecule has 2 heterocycles. The van der Waals surface area contributed by atoms with Gasteiger partial charge in [0.05, 0.1) is 6.54 Å². The second-order valence-corrected chi connectivity index (χ2v) is 3.95. The van der Waals surface area contributed by atoms with Gasteiger partial charge in [0.25, 0.3) is 0 Å². The third kappa shape index (κ3) is 3.32. The van der Waals surface area contributed by atoms with Crippen LogP contribution in [0.1, 0.15) is 0 Å². The number of amides is 2. The molecule has 0 aliphatic carbocycles. The van der Waals surface area contributed by atoms with E-state index in [1.54, 1.807) is 0 Å². The van der Waals surface area contributed by atoms with Crippen molar-refractivity contribution in [3.8, 4) is 0 Å². The van der Waals surface area contributed by atoms with Crippen molar-refractivity contribution in [2.24, 2.45) is 0 Å². The average Bonchev–Trinajstić information content (AvgIpc) is 2.83. The normalized spacial score (nSPS) is 19.8. The second kappa shape index (κ2) is 5.49. The summed E-state index contributed by atoms with van der Waals surface area (Å²) in [6.07, 6.45) is 3.90. The largest absolute Gasteiger partial charge is 0.353 e. The van der Waals surface area contributed by atoms with Gasteiger partial charge in [0.15, 0.2) is 0 Å². The Kier molecular flexibility index (Phi) is 3.77. The summed E-state index contributed by atoms with van der Waals surface area (Å²) >= 11 is 0. The average molecular weight is 236 g/mol. The topological polar surface area (TPSA) is 75.2 Å². The lowest BCUT2D eigenvalue weighted by atomic mass is 10.2. The van der Waals surface area contributed by atoms with E-state index in [1.807, 2.05) is 29.1 Å². The zero-order valence-electron chi connectivity index (χ0n) is 9.48. The van der Waals surface area contributed by atoms with Crippen LogP contribution in [0, 0.1) is 0 Å². The molecule has 0 aromatic carbocycles. The van der Waals surface area contributed by atoms with Crippen molar-refractivity contribution in [1.82, 2.24) is 20.5 Å². The van der Waals surface area contributed by atoms with Crippen molar-refractivity contribution in [1.29, 1.82) is 0 Å². The van der Waals surface area contributed by atoms with Crippen LogP contribution in [0.2, 0.25) is 0 Å². The number of rotatable bonds is 4. The molecule has 0 spiro atoms. The Balaban J connectivity index is 1.68. The molecular weight excluding hydrogens is 220 g/mol. The van der Waals surface area contributed by atoms with Crippen LogP contribution in [0.15, 0.2) is 24.5 Å². The molecule has 1 aromatic heterocycles. The van der Waals surface area contributed by atoms with Crippen LogP contribution in [0.3, 0.4) is 0 Å². The quantitative estimate of drug-likeness (QED) is 0.608. The highest BCUT2D eigenvalue weighted by atomic mass is 16.2. The first-order valence-electron chi connectivity index (χ1n) is 5.64. The number of nitrogens with zero attached hydrogens (tertiary/aromatic N) is 1. The minimum absolute atomic E-state index is 0.0682. The summed E-state index contributed by atoms with van der Waals surface area (Å²) in [5.74, 6) is -0.140. The summed E-state index contributed by atoms with van der Waals surface area (Å²) in [6.45, 7) is 1.89. The van der Waals surface area contributed by atoms with E-state index in [0.717, 1.165) is 6.54 Å². The maximum Gasteiger partial charge on any atom is 0.239 e. The Morgan fingerprint density at radius 2 is 2.24 bits per heavy atom. The van der Waals surface area contributed by atoms with E-state index in [2.05, 4.69) is 16.0 Å². The first-order chi connectivity index (χ1) is 8.25. The van der Waals surface area contributed by atoms with Gasteiger partial charge in [-0.05, 0) is 12.1 Å². The Morgan fingerprint density at radius 1 is 1.47 bits per heavy atom. The number of nitrogens with one attached hydrogen (secondary N) is 3. The maximum atomic E-state index is 11.7. The molecule has 92 valence electrons. The molecule has 1 atom stereocenters. The van der Waals surface area contributed by atoms with Gasteiger partial charge in [-0.25, -0.2) is 0 Å². The first kappa shape index (κ1) is 11.7. The lowest BCUT2D eigenvalue weighted by Crippen LogP contribution is -2.58. The maximum absolute atomic E-state index is 11.7. The molecule has 6 heteroatoms. The molecule has 1 unspecified atom stereocenters. The summed E-state index contributed by atoms with van der Waals surface area (Å²) < 4.78 is 2.00. The summed E-state index contributed by atoms with van der Waals surface area (Å²) in [5, 5.41) is 8.36. The van der Waals surface area contributed by atoms with E-state index in [-0.39, 0.29) is 24.4 Å². The van der Waals surface area contributed by atoms with E-state index in [4.69, 9.17) is 0 Å². The lowest BCUT2D eigenvalue weighted by Gasteiger charge is -2.23. The molecule has 1 aromatic rings. The predicted molar refractivity (Wildman–Crippen MR) is 62.2 cm³/mol. The van der Waals surface area contributed by atoms with Crippen molar-refractivity contribution >= 4 is 11.8 Å². The van der Waals surface area contributed by atoms with Crippen molar-refractivity contribution in [3.05, 3.63) is 24.5 Å². The molecule has 0 saturated carbocycles. The fraction of sp³-hybridized carbons (Fsp3) is 0.455. The predicted octanol–water partition coefficient (Wildman–Crippen LogP) is -1.31. The molecule has 0 radical (unpaired) electrons. The number of hydrogen-bond donors (Lipinski definition) is 3. The highest BCUT2D eigenvalue weighted by molar-refractivity contribution is 5.86. The van der Waals surface area contributed by atoms with Crippen molar-refractivity contribution in [2.45, 2.75) is 12.6 Å². The Morgan fingerprint density at radius 3 is 2.88 bits per heavy atom. The van der Waals surface area contributed by atoms with Crippen LogP contribution >= 0.6 is 0 Å². The fourth-order valence-corrected chi connectivity index (χ4v) is 1.70. The van der Waals surface area contributed by atoms with Gasteiger partial charge < -0.3 is 15.2 Å². The lowest BCUT2D eigenvalue weighted by molar-refractivity contribution is -0.126. The van der Waals surface area contributed by atoms with Gasteiger partial charge in [0.1, 0.15) is 6.04 Å². The van der Waals surface area contributed by atoms with Crippen LogP contribution in [-0.4, -0.2) is 42.1 Å². The Hall–Kier alpha value is -1.82. The van der Waals surface area contributed by atoms with Crippen LogP contribution < -0.4 is 16.0 Å². The molecule has 1 saturated heterocycles. The van der Waals surface area contributed by atoms with Gasteiger partial charge in [-0.3, -0.25) is 14.9 Å². The van der Waals surface area contributed by atoms with Crippen molar-refractivity contribution in [2.75, 3.05) is 19.6 Å². The minimum Gasteiger partial charge on any atom is -0.353 e. The van der Waals surface area contributed by atoms with E-state index in [9.17, 15) is 9.59 Å². The van der Waals surface area contributed by atoms with Crippen LogP contribution in [0.5, 0.6) is 0 Å². The fourth-order valence-electron chi connectivity index (χ4n) is 1.70. The standard InChI is InChI=1S/C11H16N4O2/c16-10-8-13-9(7-14-10)11(17)12-3-6-15-4-1-2-5-15/h1-2,4-5,9,13H,3,6-8H2,(H,12,17)(H,14,16). The Labute approximate surface area is 99.4 Å². The third-order valence-corrected chi connectivity index (χ3v) is 2.66. The zero-order chi connectivity index (χ0) is 12.1. The van der Waals surface area contributed by atoms with Gasteiger partial charge in [-0.1, -0.05) is 0 Å². The minimum atomic E-state index is -0.322. The first-order valence-corrected chi connectivity index (χ1v) is 5.64. The SMILES string of the molecule is O=C1CNC(C(=O)NCCn2cccc2)CN1. The zero-order valence-corrected chi connectivity index (χ0v) is 9.48. The molecule has 17 heavy (non-hydrogen) atoms. The van der Waals surface area contributed by atoms with Gasteiger partial charge >= 0.3 is 0 Å².